The second-order valence-corrected chi connectivity index (χ2v) is 7.84. The Morgan fingerprint density at radius 2 is 1.84 bits per heavy atom. The standard InChI is InChI=1S/C23H15Cl2N5O/c24-16-4-3-15(19(25)11-16)13-30-21-10-14-2-1-7-27-20(14)12-18(21)22(29-30)23(31)28-17-5-8-26-9-6-17/h1-12H,13H2,(H,26,28,31). The fourth-order valence-electron chi connectivity index (χ4n) is 3.47. The average Bonchev–Trinajstić information content (AvgIpc) is 3.12. The van der Waals surface area contributed by atoms with Gasteiger partial charge in [0.25, 0.3) is 5.91 Å². The molecule has 6 nitrogen and oxygen atoms in total. The van der Waals surface area contributed by atoms with E-state index in [4.69, 9.17) is 23.2 Å². The summed E-state index contributed by atoms with van der Waals surface area (Å²) in [6.07, 6.45) is 4.96. The van der Waals surface area contributed by atoms with E-state index in [-0.39, 0.29) is 5.91 Å². The third-order valence-electron chi connectivity index (χ3n) is 4.96. The van der Waals surface area contributed by atoms with Gasteiger partial charge in [0.15, 0.2) is 5.69 Å². The Morgan fingerprint density at radius 3 is 2.65 bits per heavy atom. The lowest BCUT2D eigenvalue weighted by Gasteiger charge is -2.07. The minimum absolute atomic E-state index is 0.310. The number of rotatable bonds is 4. The van der Waals surface area contributed by atoms with Gasteiger partial charge in [0, 0.05) is 45.1 Å². The largest absolute Gasteiger partial charge is 0.320 e. The fraction of sp³-hybridized carbons (Fsp3) is 0.0435. The van der Waals surface area contributed by atoms with Crippen LogP contribution in [0.15, 0.2) is 73.2 Å². The SMILES string of the molecule is O=C(Nc1ccncc1)c1nn(Cc2ccc(Cl)cc2Cl)c2cc3cccnc3cc12. The minimum atomic E-state index is -0.313. The lowest BCUT2D eigenvalue weighted by atomic mass is 10.1. The van der Waals surface area contributed by atoms with Crippen LogP contribution >= 0.6 is 23.2 Å². The molecule has 2 aromatic carbocycles. The second kappa shape index (κ2) is 7.98. The smallest absolute Gasteiger partial charge is 0.276 e. The molecule has 1 amide bonds. The summed E-state index contributed by atoms with van der Waals surface area (Å²) in [6, 6.07) is 16.5. The molecule has 5 rings (SSSR count). The fourth-order valence-corrected chi connectivity index (χ4v) is 3.93. The van der Waals surface area contributed by atoms with E-state index >= 15 is 0 Å². The number of hydrogen-bond acceptors (Lipinski definition) is 4. The summed E-state index contributed by atoms with van der Waals surface area (Å²) in [5, 5.41) is 10.3. The van der Waals surface area contributed by atoms with Crippen molar-refractivity contribution < 1.29 is 4.79 Å². The van der Waals surface area contributed by atoms with Gasteiger partial charge in [0.05, 0.1) is 17.6 Å². The quantitative estimate of drug-likeness (QED) is 0.389. The highest BCUT2D eigenvalue weighted by Crippen LogP contribution is 2.28. The summed E-state index contributed by atoms with van der Waals surface area (Å²) in [6.45, 7) is 0.390. The van der Waals surface area contributed by atoms with Crippen LogP contribution in [0.1, 0.15) is 16.1 Å². The molecular formula is C23H15Cl2N5O. The van der Waals surface area contributed by atoms with Gasteiger partial charge in [-0.25, -0.2) is 0 Å². The summed E-state index contributed by atoms with van der Waals surface area (Å²) in [4.78, 5) is 21.5. The number of hydrogen-bond donors (Lipinski definition) is 1. The molecule has 0 fully saturated rings. The Morgan fingerprint density at radius 1 is 1.00 bits per heavy atom. The number of pyridine rings is 2. The molecule has 0 saturated heterocycles. The van der Waals surface area contributed by atoms with Crippen molar-refractivity contribution in [1.29, 1.82) is 0 Å². The first kappa shape index (κ1) is 19.5. The van der Waals surface area contributed by atoms with Crippen molar-refractivity contribution in [3.8, 4) is 0 Å². The Labute approximate surface area is 187 Å². The molecule has 0 bridgehead atoms. The highest BCUT2D eigenvalue weighted by atomic mass is 35.5. The number of halogens is 2. The number of benzene rings is 2. The number of nitrogens with one attached hydrogen (secondary N) is 1. The van der Waals surface area contributed by atoms with E-state index in [0.717, 1.165) is 22.0 Å². The third-order valence-corrected chi connectivity index (χ3v) is 5.55. The van der Waals surface area contributed by atoms with Crippen LogP contribution in [0.5, 0.6) is 0 Å². The maximum Gasteiger partial charge on any atom is 0.276 e. The van der Waals surface area contributed by atoms with Crippen molar-refractivity contribution in [2.24, 2.45) is 0 Å². The lowest BCUT2D eigenvalue weighted by molar-refractivity contribution is 0.102. The van der Waals surface area contributed by atoms with E-state index in [2.05, 4.69) is 20.4 Å². The van der Waals surface area contributed by atoms with Gasteiger partial charge < -0.3 is 5.32 Å². The van der Waals surface area contributed by atoms with Crippen LogP contribution < -0.4 is 5.32 Å². The topological polar surface area (TPSA) is 72.7 Å². The molecule has 8 heteroatoms. The third kappa shape index (κ3) is 3.83. The van der Waals surface area contributed by atoms with E-state index in [1.807, 2.05) is 30.3 Å². The van der Waals surface area contributed by atoms with Crippen LogP contribution in [0.4, 0.5) is 5.69 Å². The average molecular weight is 448 g/mol. The normalized spacial score (nSPS) is 11.2. The van der Waals surface area contributed by atoms with Crippen molar-refractivity contribution in [1.82, 2.24) is 19.7 Å². The molecule has 0 aliphatic rings. The molecule has 5 aromatic rings. The van der Waals surface area contributed by atoms with Gasteiger partial charge in [0.2, 0.25) is 0 Å². The van der Waals surface area contributed by atoms with Gasteiger partial charge in [-0.05, 0) is 48.0 Å². The highest BCUT2D eigenvalue weighted by Gasteiger charge is 2.19. The Balaban J connectivity index is 1.64. The zero-order chi connectivity index (χ0) is 21.4. The molecular weight excluding hydrogens is 433 g/mol. The molecule has 1 N–H and O–H groups in total. The molecule has 152 valence electrons. The predicted molar refractivity (Wildman–Crippen MR) is 123 cm³/mol. The van der Waals surface area contributed by atoms with Gasteiger partial charge in [-0.15, -0.1) is 0 Å². The van der Waals surface area contributed by atoms with Gasteiger partial charge in [-0.1, -0.05) is 35.3 Å². The summed E-state index contributed by atoms with van der Waals surface area (Å²) >= 11 is 12.4. The van der Waals surface area contributed by atoms with E-state index in [1.165, 1.54) is 0 Å². The van der Waals surface area contributed by atoms with Crippen LogP contribution in [-0.4, -0.2) is 25.7 Å². The van der Waals surface area contributed by atoms with E-state index < -0.39 is 0 Å². The highest BCUT2D eigenvalue weighted by molar-refractivity contribution is 6.35. The van der Waals surface area contributed by atoms with Gasteiger partial charge in [-0.3, -0.25) is 19.4 Å². The van der Waals surface area contributed by atoms with Crippen LogP contribution in [0.25, 0.3) is 21.8 Å². The van der Waals surface area contributed by atoms with Crippen LogP contribution in [0, 0.1) is 0 Å². The minimum Gasteiger partial charge on any atom is -0.320 e. The second-order valence-electron chi connectivity index (χ2n) is 7.00. The molecule has 0 saturated carbocycles. The molecule has 0 aliphatic carbocycles. The Bertz CT molecular complexity index is 1430. The first-order valence-electron chi connectivity index (χ1n) is 9.49. The van der Waals surface area contributed by atoms with E-state index in [0.29, 0.717) is 33.4 Å². The first-order chi connectivity index (χ1) is 15.1. The number of amides is 1. The first-order valence-corrected chi connectivity index (χ1v) is 10.2. The maximum absolute atomic E-state index is 13.1. The van der Waals surface area contributed by atoms with Crippen molar-refractivity contribution >= 4 is 56.6 Å². The van der Waals surface area contributed by atoms with E-state index in [1.54, 1.807) is 47.5 Å². The Hall–Kier alpha value is -3.48. The predicted octanol–water partition coefficient (Wildman–Crippen LogP) is 5.59. The van der Waals surface area contributed by atoms with Crippen molar-refractivity contribution in [3.05, 3.63) is 94.5 Å². The number of carbonyl (C=O) groups is 1. The molecule has 0 aliphatic heterocycles. The van der Waals surface area contributed by atoms with Crippen LogP contribution in [0.3, 0.4) is 0 Å². The lowest BCUT2D eigenvalue weighted by Crippen LogP contribution is -2.14. The van der Waals surface area contributed by atoms with Crippen molar-refractivity contribution in [2.45, 2.75) is 6.54 Å². The number of nitrogens with zero attached hydrogens (tertiary/aromatic N) is 4. The molecule has 3 heterocycles. The molecule has 0 unspecified atom stereocenters. The van der Waals surface area contributed by atoms with E-state index in [9.17, 15) is 4.79 Å². The molecule has 0 atom stereocenters. The Kier molecular flexibility index (Phi) is 5.02. The molecule has 3 aromatic heterocycles. The van der Waals surface area contributed by atoms with Gasteiger partial charge in [-0.2, -0.15) is 5.10 Å². The maximum atomic E-state index is 13.1. The molecule has 31 heavy (non-hydrogen) atoms. The summed E-state index contributed by atoms with van der Waals surface area (Å²) < 4.78 is 1.78. The molecule has 0 spiro atoms. The zero-order valence-corrected chi connectivity index (χ0v) is 17.6. The number of aromatic nitrogens is 4. The van der Waals surface area contributed by atoms with Crippen LogP contribution in [-0.2, 0) is 6.54 Å². The van der Waals surface area contributed by atoms with Gasteiger partial charge >= 0.3 is 0 Å². The van der Waals surface area contributed by atoms with Crippen LogP contribution in [0.2, 0.25) is 10.0 Å². The summed E-state index contributed by atoms with van der Waals surface area (Å²) in [7, 11) is 0. The zero-order valence-electron chi connectivity index (χ0n) is 16.1. The molecule has 0 radical (unpaired) electrons. The van der Waals surface area contributed by atoms with Crippen molar-refractivity contribution in [2.75, 3.05) is 5.32 Å². The number of fused-ring (bicyclic) bond motifs is 2. The number of anilines is 1. The monoisotopic (exact) mass is 447 g/mol. The summed E-state index contributed by atoms with van der Waals surface area (Å²) in [5.74, 6) is -0.313. The summed E-state index contributed by atoms with van der Waals surface area (Å²) in [5.41, 5.74) is 3.40. The van der Waals surface area contributed by atoms with Crippen molar-refractivity contribution in [3.63, 3.8) is 0 Å². The van der Waals surface area contributed by atoms with Gasteiger partial charge in [0.1, 0.15) is 0 Å². The number of carbonyl (C=O) groups excluding carboxylic acids is 1.